The third-order valence-electron chi connectivity index (χ3n) is 5.00. The monoisotopic (exact) mass is 268 g/mol. The number of hydrogen-bond donors (Lipinski definition) is 3. The molecule has 2 aliphatic rings. The summed E-state index contributed by atoms with van der Waals surface area (Å²) in [6.45, 7) is 4.39. The number of hydrogen-bond acceptors (Lipinski definition) is 2. The molecule has 0 bridgehead atoms. The number of urea groups is 1. The van der Waals surface area contributed by atoms with Crippen molar-refractivity contribution in [3.8, 4) is 0 Å². The van der Waals surface area contributed by atoms with Gasteiger partial charge in [-0.05, 0) is 50.4 Å². The second kappa shape index (κ2) is 5.02. The second-order valence-electron chi connectivity index (χ2n) is 6.30. The van der Waals surface area contributed by atoms with Crippen molar-refractivity contribution in [3.63, 3.8) is 0 Å². The zero-order valence-electron chi connectivity index (χ0n) is 11.8. The number of aliphatic carboxylic acids is 1. The van der Waals surface area contributed by atoms with Gasteiger partial charge in [0, 0.05) is 6.54 Å². The highest BCUT2D eigenvalue weighted by molar-refractivity contribution is 5.86. The van der Waals surface area contributed by atoms with Crippen LogP contribution in [0.15, 0.2) is 0 Å². The van der Waals surface area contributed by atoms with Gasteiger partial charge >= 0.3 is 12.0 Å². The molecule has 0 heterocycles. The minimum absolute atomic E-state index is 0.0691. The normalized spacial score (nSPS) is 23.9. The molecule has 0 aromatic heterocycles. The van der Waals surface area contributed by atoms with Gasteiger partial charge in [-0.25, -0.2) is 9.59 Å². The number of carboxylic acid groups (broad SMARTS) is 1. The van der Waals surface area contributed by atoms with Gasteiger partial charge in [-0.2, -0.15) is 0 Å². The molecule has 2 saturated carbocycles. The Morgan fingerprint density at radius 2 is 2.00 bits per heavy atom. The van der Waals surface area contributed by atoms with Gasteiger partial charge in [-0.15, -0.1) is 0 Å². The molecule has 1 unspecified atom stereocenters. The van der Waals surface area contributed by atoms with Crippen molar-refractivity contribution in [2.24, 2.45) is 11.3 Å². The van der Waals surface area contributed by atoms with E-state index in [1.54, 1.807) is 6.92 Å². The van der Waals surface area contributed by atoms with Gasteiger partial charge in [0.1, 0.15) is 5.54 Å². The van der Waals surface area contributed by atoms with E-state index in [1.807, 2.05) is 0 Å². The van der Waals surface area contributed by atoms with Gasteiger partial charge in [0.15, 0.2) is 0 Å². The van der Waals surface area contributed by atoms with Crippen molar-refractivity contribution >= 4 is 12.0 Å². The van der Waals surface area contributed by atoms with Crippen LogP contribution in [0.4, 0.5) is 4.79 Å². The molecule has 2 amide bonds. The molecule has 0 saturated heterocycles. The average Bonchev–Trinajstić information content (AvgIpc) is 3.11. The summed E-state index contributed by atoms with van der Waals surface area (Å²) in [5.41, 5.74) is -0.875. The van der Waals surface area contributed by atoms with Gasteiger partial charge in [0.2, 0.25) is 0 Å². The molecule has 0 aliphatic heterocycles. The maximum atomic E-state index is 11.9. The molecule has 2 fully saturated rings. The molecular formula is C14H24N2O3. The van der Waals surface area contributed by atoms with E-state index in [9.17, 15) is 14.7 Å². The standard InChI is InChI=1S/C14H24N2O3/c1-3-14(7-4-8-14)9-15-12(19)16-13(2,11(17)18)10-5-6-10/h10H,3-9H2,1-2H3,(H,17,18)(H2,15,16,19). The Hall–Kier alpha value is -1.26. The van der Waals surface area contributed by atoms with Crippen LogP contribution < -0.4 is 10.6 Å². The highest BCUT2D eigenvalue weighted by Crippen LogP contribution is 2.43. The molecule has 1 atom stereocenters. The van der Waals surface area contributed by atoms with Crippen molar-refractivity contribution in [2.75, 3.05) is 6.54 Å². The van der Waals surface area contributed by atoms with Crippen molar-refractivity contribution in [1.29, 1.82) is 0 Å². The fourth-order valence-electron chi connectivity index (χ4n) is 2.87. The molecule has 3 N–H and O–H groups in total. The highest BCUT2D eigenvalue weighted by atomic mass is 16.4. The topological polar surface area (TPSA) is 78.4 Å². The molecule has 0 aromatic rings. The third kappa shape index (κ3) is 2.85. The summed E-state index contributed by atoms with van der Waals surface area (Å²) >= 11 is 0. The van der Waals surface area contributed by atoms with Gasteiger partial charge < -0.3 is 15.7 Å². The van der Waals surface area contributed by atoms with Crippen LogP contribution in [0.3, 0.4) is 0 Å². The van der Waals surface area contributed by atoms with Crippen molar-refractivity contribution < 1.29 is 14.7 Å². The zero-order chi connectivity index (χ0) is 14.1. The summed E-state index contributed by atoms with van der Waals surface area (Å²) in [7, 11) is 0. The van der Waals surface area contributed by atoms with E-state index in [0.29, 0.717) is 6.54 Å². The lowest BCUT2D eigenvalue weighted by Gasteiger charge is -2.41. The number of rotatable bonds is 6. The Morgan fingerprint density at radius 3 is 2.37 bits per heavy atom. The number of nitrogens with one attached hydrogen (secondary N) is 2. The average molecular weight is 268 g/mol. The lowest BCUT2D eigenvalue weighted by atomic mass is 9.67. The predicted octanol–water partition coefficient (Wildman–Crippen LogP) is 2.12. The van der Waals surface area contributed by atoms with E-state index in [0.717, 1.165) is 32.1 Å². The first-order chi connectivity index (χ1) is 8.92. The summed E-state index contributed by atoms with van der Waals surface area (Å²) in [4.78, 5) is 23.2. The SMILES string of the molecule is CCC1(CNC(=O)NC(C)(C(=O)O)C2CC2)CCC1. The summed E-state index contributed by atoms with van der Waals surface area (Å²) in [5, 5.41) is 14.8. The Balaban J connectivity index is 1.84. The van der Waals surface area contributed by atoms with E-state index in [1.165, 1.54) is 6.42 Å². The van der Waals surface area contributed by atoms with Crippen LogP contribution in [0.5, 0.6) is 0 Å². The van der Waals surface area contributed by atoms with Crippen LogP contribution in [-0.4, -0.2) is 29.2 Å². The van der Waals surface area contributed by atoms with Gasteiger partial charge in [-0.1, -0.05) is 13.3 Å². The van der Waals surface area contributed by atoms with E-state index in [4.69, 9.17) is 0 Å². The van der Waals surface area contributed by atoms with Crippen molar-refractivity contribution in [2.45, 2.75) is 57.9 Å². The van der Waals surface area contributed by atoms with E-state index >= 15 is 0 Å². The molecule has 108 valence electrons. The van der Waals surface area contributed by atoms with Crippen LogP contribution in [0, 0.1) is 11.3 Å². The quantitative estimate of drug-likeness (QED) is 0.690. The van der Waals surface area contributed by atoms with Crippen molar-refractivity contribution in [3.05, 3.63) is 0 Å². The minimum atomic E-state index is -1.12. The lowest BCUT2D eigenvalue weighted by molar-refractivity contribution is -0.144. The molecule has 5 heteroatoms. The maximum Gasteiger partial charge on any atom is 0.329 e. The molecule has 19 heavy (non-hydrogen) atoms. The molecule has 5 nitrogen and oxygen atoms in total. The summed E-state index contributed by atoms with van der Waals surface area (Å²) in [6, 6.07) is -0.350. The number of carboxylic acids is 1. The Kier molecular flexibility index (Phi) is 3.74. The summed E-state index contributed by atoms with van der Waals surface area (Å²) in [5.74, 6) is -0.876. The second-order valence-corrected chi connectivity index (χ2v) is 6.30. The summed E-state index contributed by atoms with van der Waals surface area (Å²) in [6.07, 6.45) is 6.35. The molecule has 0 aromatic carbocycles. The van der Waals surface area contributed by atoms with Crippen LogP contribution >= 0.6 is 0 Å². The minimum Gasteiger partial charge on any atom is -0.480 e. The first-order valence-electron chi connectivity index (χ1n) is 7.21. The smallest absolute Gasteiger partial charge is 0.329 e. The number of carbonyl (C=O) groups is 2. The first kappa shape index (κ1) is 14.2. The first-order valence-corrected chi connectivity index (χ1v) is 7.21. The highest BCUT2D eigenvalue weighted by Gasteiger charge is 2.48. The zero-order valence-corrected chi connectivity index (χ0v) is 11.8. The molecule has 0 spiro atoms. The van der Waals surface area contributed by atoms with Crippen molar-refractivity contribution in [1.82, 2.24) is 10.6 Å². The predicted molar refractivity (Wildman–Crippen MR) is 71.9 cm³/mol. The van der Waals surface area contributed by atoms with Crippen LogP contribution in [0.2, 0.25) is 0 Å². The number of carbonyl (C=O) groups excluding carboxylic acids is 1. The number of amides is 2. The van der Waals surface area contributed by atoms with E-state index in [-0.39, 0.29) is 17.4 Å². The third-order valence-corrected chi connectivity index (χ3v) is 5.00. The van der Waals surface area contributed by atoms with Gasteiger partial charge in [0.05, 0.1) is 0 Å². The Morgan fingerprint density at radius 1 is 1.37 bits per heavy atom. The molecule has 2 aliphatic carbocycles. The maximum absolute atomic E-state index is 11.9. The van der Waals surface area contributed by atoms with Crippen LogP contribution in [0.1, 0.15) is 52.4 Å². The fraction of sp³-hybridized carbons (Fsp3) is 0.857. The molecular weight excluding hydrogens is 244 g/mol. The molecule has 0 radical (unpaired) electrons. The van der Waals surface area contributed by atoms with Crippen LogP contribution in [0.25, 0.3) is 0 Å². The van der Waals surface area contributed by atoms with E-state index < -0.39 is 11.5 Å². The molecule has 2 rings (SSSR count). The largest absolute Gasteiger partial charge is 0.480 e. The fourth-order valence-corrected chi connectivity index (χ4v) is 2.87. The van der Waals surface area contributed by atoms with Gasteiger partial charge in [-0.3, -0.25) is 0 Å². The Labute approximate surface area is 114 Å². The van der Waals surface area contributed by atoms with E-state index in [2.05, 4.69) is 17.6 Å². The van der Waals surface area contributed by atoms with Gasteiger partial charge in [0.25, 0.3) is 0 Å². The Bertz CT molecular complexity index is 369. The summed E-state index contributed by atoms with van der Waals surface area (Å²) < 4.78 is 0. The lowest BCUT2D eigenvalue weighted by Crippen LogP contribution is -2.58. The van der Waals surface area contributed by atoms with Crippen LogP contribution in [-0.2, 0) is 4.79 Å².